The summed E-state index contributed by atoms with van der Waals surface area (Å²) in [4.78, 5) is 55.2. The summed E-state index contributed by atoms with van der Waals surface area (Å²) in [6, 6.07) is 15.8. The summed E-state index contributed by atoms with van der Waals surface area (Å²) in [5.41, 5.74) is -6.66. The molecule has 2 aromatic carbocycles. The first-order chi connectivity index (χ1) is 25.9. The zero-order chi connectivity index (χ0) is 39.7. The van der Waals surface area contributed by atoms with Crippen LogP contribution in [0.15, 0.2) is 71.8 Å². The second kappa shape index (κ2) is 17.6. The van der Waals surface area contributed by atoms with Gasteiger partial charge in [-0.2, -0.15) is 0 Å². The summed E-state index contributed by atoms with van der Waals surface area (Å²) in [5.74, 6) is -4.67. The van der Waals surface area contributed by atoms with E-state index in [1.54, 1.807) is 56.3 Å². The molecule has 16 heteroatoms. The summed E-state index contributed by atoms with van der Waals surface area (Å²) in [6.45, 7) is 5.70. The Bertz CT molecular complexity index is 1880. The summed E-state index contributed by atoms with van der Waals surface area (Å²) in [7, 11) is 0. The van der Waals surface area contributed by atoms with Crippen molar-refractivity contribution in [2.75, 3.05) is 6.61 Å². The summed E-state index contributed by atoms with van der Waals surface area (Å²) < 4.78 is 23.1. The number of aliphatic hydroxyl groups is 5. The van der Waals surface area contributed by atoms with E-state index in [9.17, 15) is 44.7 Å². The Balaban J connectivity index is 0.00000310. The summed E-state index contributed by atoms with van der Waals surface area (Å²) in [6.07, 6.45) is -9.64. The molecule has 2 radical (unpaired) electrons. The van der Waals surface area contributed by atoms with E-state index >= 15 is 0 Å². The Morgan fingerprint density at radius 1 is 0.947 bits per heavy atom. The Labute approximate surface area is 402 Å². The molecule has 1 amide bonds. The van der Waals surface area contributed by atoms with Gasteiger partial charge in [0.2, 0.25) is 0 Å². The smallest absolute Gasteiger partial charge is 0.407 e. The van der Waals surface area contributed by atoms with Crippen molar-refractivity contribution in [3.8, 4) is 0 Å². The Hall–Kier alpha value is -1.30. The molecule has 1 saturated heterocycles. The van der Waals surface area contributed by atoms with Gasteiger partial charge in [0.25, 0.3) is 0 Å². The third-order valence-electron chi connectivity index (χ3n) is 13.1. The van der Waals surface area contributed by atoms with Gasteiger partial charge in [0.1, 0.15) is 36.1 Å². The maximum absolute atomic E-state index is 14.7. The van der Waals surface area contributed by atoms with Crippen LogP contribution < -0.4 is 5.32 Å². The molecule has 0 spiro atoms. The zero-order valence-corrected chi connectivity index (χ0v) is 41.9. The minimum Gasteiger partial charge on any atom is -0.456 e. The molecule has 3 saturated carbocycles. The van der Waals surface area contributed by atoms with Crippen LogP contribution in [-0.4, -0.2) is 110 Å². The van der Waals surface area contributed by atoms with E-state index in [4.69, 9.17) is 18.9 Å². The van der Waals surface area contributed by atoms with Crippen LogP contribution in [0.3, 0.4) is 0 Å². The zero-order valence-electron chi connectivity index (χ0n) is 32.4. The van der Waals surface area contributed by atoms with Crippen molar-refractivity contribution in [2.45, 2.75) is 114 Å². The maximum Gasteiger partial charge on any atom is 0.407 e. The van der Waals surface area contributed by atoms with Gasteiger partial charge in [0.05, 0.1) is 35.8 Å². The van der Waals surface area contributed by atoms with Crippen LogP contribution in [0.25, 0.3) is 0 Å². The predicted molar refractivity (Wildman–Crippen MR) is 192 cm³/mol. The molecule has 1 aliphatic heterocycles. The number of Topliss-reactive ketones (excluding diaryl/α,β-unsaturated/α-hetero) is 1. The van der Waals surface area contributed by atoms with Gasteiger partial charge in [-0.15, -0.1) is 0 Å². The molecule has 2 bridgehead atoms. The molecule has 4 aliphatic carbocycles. The van der Waals surface area contributed by atoms with Gasteiger partial charge in [0, 0.05) is 112 Å². The topological polar surface area (TPSA) is 218 Å². The second-order valence-corrected chi connectivity index (χ2v) is 16.6. The van der Waals surface area contributed by atoms with E-state index in [0.29, 0.717) is 12.8 Å². The van der Waals surface area contributed by atoms with Gasteiger partial charge in [0.15, 0.2) is 11.9 Å². The molecule has 57 heavy (non-hydrogen) atoms. The monoisotopic (exact) mass is 1220 g/mol. The van der Waals surface area contributed by atoms with Crippen molar-refractivity contribution in [3.63, 3.8) is 0 Å². The number of benzene rings is 2. The van der Waals surface area contributed by atoms with Crippen LogP contribution in [0.2, 0.25) is 0 Å². The number of fused-ring (bicyclic) bond motifs is 5. The number of amides is 1. The summed E-state index contributed by atoms with van der Waals surface area (Å²) in [5, 5.41) is 63.0. The molecular formula is C41H49Ac2NO13. The van der Waals surface area contributed by atoms with Crippen LogP contribution in [0, 0.1) is 111 Å². The van der Waals surface area contributed by atoms with Crippen molar-refractivity contribution in [1.29, 1.82) is 0 Å². The minimum absolute atomic E-state index is 0. The van der Waals surface area contributed by atoms with Crippen molar-refractivity contribution < 1.29 is 152 Å². The van der Waals surface area contributed by atoms with Gasteiger partial charge in [-0.25, -0.2) is 14.4 Å². The number of rotatable bonds is 9. The van der Waals surface area contributed by atoms with Crippen molar-refractivity contribution >= 4 is 23.8 Å². The first-order valence-electron chi connectivity index (χ1n) is 18.7. The SMILES string of the molecule is CC1=C2[C@@H](O)C(=O)[C@@]3(C)[C@H]([C@H](OC(=O)c4ccccc4)[C@](O)(CC1OC(=O)[C@H](O)[C@@H](NC(=O)OCc1ccccc1)C1CC1)C2(C)C)[C@]1(O)CO[C@@H]1C[C@@H]3O.[Ac].[Ac]. The fraction of sp³-hybridized carbons (Fsp3) is 0.561. The largest absolute Gasteiger partial charge is 0.456 e. The van der Waals surface area contributed by atoms with Gasteiger partial charge >= 0.3 is 18.0 Å². The van der Waals surface area contributed by atoms with Gasteiger partial charge in [-0.3, -0.25) is 4.79 Å². The van der Waals surface area contributed by atoms with Crippen LogP contribution in [0.1, 0.15) is 69.3 Å². The van der Waals surface area contributed by atoms with Crippen LogP contribution in [0.4, 0.5) is 4.79 Å². The number of ketones is 1. The fourth-order valence-electron chi connectivity index (χ4n) is 9.54. The molecule has 11 atom stereocenters. The standard InChI is InChI=1S/C41H49NO13.2Ac/c1-21-25(54-36(48)31(45)29(23-15-16-23)42-37(49)52-19-22-11-7-5-8-12-22)18-41(51)34(55-35(47)24-13-9-6-10-14-24)32-39(4,26(43)17-27-40(32,50)20-53-27)33(46)30(44)28(21)38(41,2)3;;/h5-14,23,25-27,29-32,34,43-45,50-51H,15-20H2,1-4H3,(H,42,49);;/t25?,26-,27+,29-,30+,31+,32-,34-,39+,40-,41+;;/m0../s1. The Morgan fingerprint density at radius 3 is 2.14 bits per heavy atom. The van der Waals surface area contributed by atoms with E-state index in [1.165, 1.54) is 26.0 Å². The number of alkyl carbamates (subject to hydrolysis) is 1. The molecule has 0 aromatic heterocycles. The van der Waals surface area contributed by atoms with Crippen molar-refractivity contribution in [1.82, 2.24) is 5.32 Å². The molecule has 1 heterocycles. The average molecular weight is 1220 g/mol. The van der Waals surface area contributed by atoms with E-state index in [0.717, 1.165) is 5.56 Å². The van der Waals surface area contributed by atoms with Gasteiger partial charge in [-0.1, -0.05) is 62.4 Å². The fourth-order valence-corrected chi connectivity index (χ4v) is 9.54. The van der Waals surface area contributed by atoms with Crippen molar-refractivity contribution in [3.05, 3.63) is 82.9 Å². The number of esters is 2. The van der Waals surface area contributed by atoms with E-state index in [1.807, 2.05) is 6.07 Å². The van der Waals surface area contributed by atoms with E-state index in [2.05, 4.69) is 5.32 Å². The molecule has 6 N–H and O–H groups in total. The predicted octanol–water partition coefficient (Wildman–Crippen LogP) is 2.13. The third-order valence-corrected chi connectivity index (χ3v) is 13.1. The van der Waals surface area contributed by atoms with E-state index in [-0.39, 0.29) is 130 Å². The molecule has 7 rings (SSSR count). The Kier molecular flexibility index (Phi) is 14.4. The van der Waals surface area contributed by atoms with Crippen LogP contribution in [0.5, 0.6) is 0 Å². The number of aliphatic hydroxyl groups excluding tert-OH is 3. The quantitative estimate of drug-likeness (QED) is 0.121. The number of carbonyl (C=O) groups excluding carboxylic acids is 4. The number of hydrogen-bond donors (Lipinski definition) is 6. The van der Waals surface area contributed by atoms with Gasteiger partial charge < -0.3 is 49.8 Å². The number of carbonyl (C=O) groups is 4. The number of hydrogen-bond acceptors (Lipinski definition) is 13. The molecule has 4 fully saturated rings. The number of ether oxygens (including phenoxy) is 4. The third kappa shape index (κ3) is 8.13. The Morgan fingerprint density at radius 2 is 1.56 bits per heavy atom. The normalized spacial score (nSPS) is 34.8. The molecule has 5 aliphatic rings. The first-order valence-corrected chi connectivity index (χ1v) is 18.7. The molecule has 2 aromatic rings. The van der Waals surface area contributed by atoms with Crippen molar-refractivity contribution in [2.24, 2.45) is 22.7 Å². The maximum atomic E-state index is 14.7. The second-order valence-electron chi connectivity index (χ2n) is 16.6. The average Bonchev–Trinajstić information content (AvgIpc) is 4.01. The number of nitrogens with one attached hydrogen (secondary N) is 1. The molecular weight excluding hydrogens is 1170 g/mol. The van der Waals surface area contributed by atoms with Crippen LogP contribution >= 0.6 is 0 Å². The first kappa shape index (κ1) is 46.8. The van der Waals surface area contributed by atoms with Gasteiger partial charge in [-0.05, 0) is 61.4 Å². The molecule has 14 nitrogen and oxygen atoms in total. The summed E-state index contributed by atoms with van der Waals surface area (Å²) >= 11 is 0. The van der Waals surface area contributed by atoms with Crippen LogP contribution in [-0.2, 0) is 35.1 Å². The molecule has 302 valence electrons. The van der Waals surface area contributed by atoms with E-state index < -0.39 is 101 Å². The molecule has 1 unspecified atom stereocenters. The minimum atomic E-state index is -2.28.